The van der Waals surface area contributed by atoms with Crippen molar-refractivity contribution >= 4 is 17.7 Å². The molecule has 0 spiro atoms. The second-order valence-corrected chi connectivity index (χ2v) is 6.72. The van der Waals surface area contributed by atoms with Crippen molar-refractivity contribution < 1.29 is 13.9 Å². The molecule has 1 aliphatic heterocycles. The highest BCUT2D eigenvalue weighted by Crippen LogP contribution is 2.33. The van der Waals surface area contributed by atoms with Gasteiger partial charge in [-0.1, -0.05) is 30.0 Å². The highest BCUT2D eigenvalue weighted by Gasteiger charge is 2.30. The molecule has 0 N–H and O–H groups in total. The molecule has 2 heterocycles. The van der Waals surface area contributed by atoms with E-state index in [2.05, 4.69) is 10.2 Å². The minimum atomic E-state index is -0.308. The van der Waals surface area contributed by atoms with E-state index in [4.69, 9.17) is 4.74 Å². The second-order valence-electron chi connectivity index (χ2n) is 5.55. The number of benzene rings is 2. The molecule has 1 aromatic heterocycles. The van der Waals surface area contributed by atoms with Crippen LogP contribution in [0, 0.1) is 5.82 Å². The zero-order chi connectivity index (χ0) is 17.2. The third kappa shape index (κ3) is 3.15. The van der Waals surface area contributed by atoms with E-state index >= 15 is 0 Å². The van der Waals surface area contributed by atoms with E-state index in [1.807, 2.05) is 34.9 Å². The zero-order valence-corrected chi connectivity index (χ0v) is 13.9. The van der Waals surface area contributed by atoms with Gasteiger partial charge in [0.25, 0.3) is 0 Å². The van der Waals surface area contributed by atoms with E-state index in [-0.39, 0.29) is 17.0 Å². The lowest BCUT2D eigenvalue weighted by Crippen LogP contribution is -2.11. The molecule has 5 nitrogen and oxygen atoms in total. The van der Waals surface area contributed by atoms with E-state index in [9.17, 15) is 9.18 Å². The van der Waals surface area contributed by atoms with Crippen LogP contribution in [0.1, 0.15) is 6.42 Å². The fourth-order valence-electron chi connectivity index (χ4n) is 2.65. The van der Waals surface area contributed by atoms with Crippen LogP contribution in [0.3, 0.4) is 0 Å². The third-order valence-electron chi connectivity index (χ3n) is 3.89. The Balaban J connectivity index is 1.79. The minimum absolute atomic E-state index is 0.226. The predicted octanol–water partition coefficient (Wildman–Crippen LogP) is 3.48. The number of carbonyl (C=O) groups is 1. The number of cyclic esters (lactones) is 1. The number of aromatic nitrogens is 3. The Morgan fingerprint density at radius 3 is 2.52 bits per heavy atom. The van der Waals surface area contributed by atoms with Gasteiger partial charge < -0.3 is 4.74 Å². The Hall–Kier alpha value is -2.67. The first-order valence-corrected chi connectivity index (χ1v) is 8.70. The van der Waals surface area contributed by atoms with Crippen LogP contribution < -0.4 is 0 Å². The average molecular weight is 355 g/mol. The largest absolute Gasteiger partial charge is 0.465 e. The SMILES string of the molecule is O=C1OCC[C@H]1Sc1nnc(-c2ccc(F)cc2)n1-c1ccccc1. The summed E-state index contributed by atoms with van der Waals surface area (Å²) in [6, 6.07) is 15.7. The van der Waals surface area contributed by atoms with Gasteiger partial charge in [-0.15, -0.1) is 10.2 Å². The topological polar surface area (TPSA) is 57.0 Å². The highest BCUT2D eigenvalue weighted by molar-refractivity contribution is 8.00. The van der Waals surface area contributed by atoms with Crippen LogP contribution in [0.2, 0.25) is 0 Å². The lowest BCUT2D eigenvalue weighted by Gasteiger charge is -2.11. The number of nitrogens with zero attached hydrogens (tertiary/aromatic N) is 3. The molecule has 1 aliphatic rings. The summed E-state index contributed by atoms with van der Waals surface area (Å²) in [6.07, 6.45) is 0.650. The Kier molecular flexibility index (Phi) is 4.23. The van der Waals surface area contributed by atoms with Crippen molar-refractivity contribution in [1.82, 2.24) is 14.8 Å². The average Bonchev–Trinajstić information content (AvgIpc) is 3.23. The van der Waals surface area contributed by atoms with Crippen LogP contribution in [0.15, 0.2) is 59.8 Å². The summed E-state index contributed by atoms with van der Waals surface area (Å²) < 4.78 is 20.2. The molecule has 7 heteroatoms. The molecule has 2 aromatic carbocycles. The first-order valence-electron chi connectivity index (χ1n) is 7.82. The van der Waals surface area contributed by atoms with Gasteiger partial charge in [-0.2, -0.15) is 0 Å². The summed E-state index contributed by atoms with van der Waals surface area (Å²) in [5.41, 5.74) is 1.62. The lowest BCUT2D eigenvalue weighted by molar-refractivity contribution is -0.137. The summed E-state index contributed by atoms with van der Waals surface area (Å²) in [6.45, 7) is 0.431. The smallest absolute Gasteiger partial charge is 0.319 e. The molecule has 1 atom stereocenters. The van der Waals surface area contributed by atoms with Crippen molar-refractivity contribution in [2.75, 3.05) is 6.61 Å². The molecular formula is C18H14FN3O2S. The van der Waals surface area contributed by atoms with Crippen LogP contribution in [0.4, 0.5) is 4.39 Å². The van der Waals surface area contributed by atoms with Gasteiger partial charge in [0, 0.05) is 17.7 Å². The van der Waals surface area contributed by atoms with E-state index in [1.54, 1.807) is 12.1 Å². The molecule has 1 saturated heterocycles. The quantitative estimate of drug-likeness (QED) is 0.671. The van der Waals surface area contributed by atoms with Crippen molar-refractivity contribution in [2.24, 2.45) is 0 Å². The molecule has 0 bridgehead atoms. The van der Waals surface area contributed by atoms with Crippen LogP contribution in [-0.2, 0) is 9.53 Å². The van der Waals surface area contributed by atoms with E-state index in [1.165, 1.54) is 23.9 Å². The zero-order valence-electron chi connectivity index (χ0n) is 13.1. The van der Waals surface area contributed by atoms with Crippen molar-refractivity contribution in [3.63, 3.8) is 0 Å². The molecule has 25 heavy (non-hydrogen) atoms. The van der Waals surface area contributed by atoms with Crippen molar-refractivity contribution in [2.45, 2.75) is 16.8 Å². The predicted molar refractivity (Wildman–Crippen MR) is 92.0 cm³/mol. The fourth-order valence-corrected chi connectivity index (χ4v) is 3.67. The summed E-state index contributed by atoms with van der Waals surface area (Å²) in [5, 5.41) is 8.86. The number of hydrogen-bond donors (Lipinski definition) is 0. The highest BCUT2D eigenvalue weighted by atomic mass is 32.2. The second kappa shape index (κ2) is 6.68. The summed E-state index contributed by atoms with van der Waals surface area (Å²) in [7, 11) is 0. The summed E-state index contributed by atoms with van der Waals surface area (Å²) >= 11 is 1.34. The fraction of sp³-hybridized carbons (Fsp3) is 0.167. The van der Waals surface area contributed by atoms with Gasteiger partial charge in [-0.05, 0) is 36.4 Å². The van der Waals surface area contributed by atoms with Gasteiger partial charge in [0.1, 0.15) is 11.1 Å². The molecule has 0 radical (unpaired) electrons. The van der Waals surface area contributed by atoms with Crippen LogP contribution >= 0.6 is 11.8 Å². The maximum absolute atomic E-state index is 13.2. The number of rotatable bonds is 4. The van der Waals surface area contributed by atoms with Gasteiger partial charge in [-0.3, -0.25) is 9.36 Å². The standard InChI is InChI=1S/C18H14FN3O2S/c19-13-8-6-12(7-9-13)16-20-21-18(25-15-10-11-24-17(15)23)22(16)14-4-2-1-3-5-14/h1-9,15H,10-11H2/t15-/m1/s1. The maximum Gasteiger partial charge on any atom is 0.319 e. The van der Waals surface area contributed by atoms with E-state index < -0.39 is 0 Å². The molecule has 126 valence electrons. The number of hydrogen-bond acceptors (Lipinski definition) is 5. The number of halogens is 1. The van der Waals surface area contributed by atoms with Crippen LogP contribution in [0.25, 0.3) is 17.1 Å². The molecule has 0 amide bonds. The van der Waals surface area contributed by atoms with Gasteiger partial charge in [-0.25, -0.2) is 4.39 Å². The van der Waals surface area contributed by atoms with Gasteiger partial charge in [0.05, 0.1) is 6.61 Å². The molecule has 4 rings (SSSR count). The number of esters is 1. The Labute approximate surface area is 147 Å². The van der Waals surface area contributed by atoms with Crippen molar-refractivity contribution in [1.29, 1.82) is 0 Å². The molecule has 0 saturated carbocycles. The summed E-state index contributed by atoms with van der Waals surface area (Å²) in [4.78, 5) is 11.8. The Morgan fingerprint density at radius 2 is 1.84 bits per heavy atom. The third-order valence-corrected chi connectivity index (χ3v) is 5.07. The first kappa shape index (κ1) is 15.8. The van der Waals surface area contributed by atoms with Gasteiger partial charge in [0.15, 0.2) is 11.0 Å². The molecular weight excluding hydrogens is 341 g/mol. The van der Waals surface area contributed by atoms with Gasteiger partial charge >= 0.3 is 5.97 Å². The first-order chi connectivity index (χ1) is 12.2. The number of ether oxygens (including phenoxy) is 1. The van der Waals surface area contributed by atoms with Gasteiger partial charge in [0.2, 0.25) is 0 Å². The Bertz CT molecular complexity index is 896. The van der Waals surface area contributed by atoms with Crippen molar-refractivity contribution in [3.8, 4) is 17.1 Å². The van der Waals surface area contributed by atoms with Crippen molar-refractivity contribution in [3.05, 3.63) is 60.4 Å². The van der Waals surface area contributed by atoms with E-state index in [0.29, 0.717) is 24.0 Å². The minimum Gasteiger partial charge on any atom is -0.465 e. The number of para-hydroxylation sites is 1. The monoisotopic (exact) mass is 355 g/mol. The molecule has 0 aliphatic carbocycles. The molecule has 0 unspecified atom stereocenters. The number of thioether (sulfide) groups is 1. The molecule has 1 fully saturated rings. The maximum atomic E-state index is 13.2. The molecule has 3 aromatic rings. The van der Waals surface area contributed by atoms with Crippen LogP contribution in [0.5, 0.6) is 0 Å². The van der Waals surface area contributed by atoms with E-state index in [0.717, 1.165) is 11.3 Å². The number of carbonyl (C=O) groups excluding carboxylic acids is 1. The lowest BCUT2D eigenvalue weighted by atomic mass is 10.2. The summed E-state index contributed by atoms with van der Waals surface area (Å²) in [5.74, 6) is 0.0637. The van der Waals surface area contributed by atoms with Crippen LogP contribution in [-0.4, -0.2) is 32.6 Å². The normalized spacial score (nSPS) is 16.8. The Morgan fingerprint density at radius 1 is 1.08 bits per heavy atom.